The highest BCUT2D eigenvalue weighted by Gasteiger charge is 2.21. The fourth-order valence-electron chi connectivity index (χ4n) is 4.70. The highest BCUT2D eigenvalue weighted by molar-refractivity contribution is 5.94. The van der Waals surface area contributed by atoms with Crippen molar-refractivity contribution < 1.29 is 4.79 Å². The highest BCUT2D eigenvalue weighted by Crippen LogP contribution is 2.30. The van der Waals surface area contributed by atoms with Gasteiger partial charge in [-0.15, -0.1) is 0 Å². The minimum absolute atomic E-state index is 0.0727. The Morgan fingerprint density at radius 3 is 2.54 bits per heavy atom. The van der Waals surface area contributed by atoms with E-state index in [1.165, 1.54) is 54.7 Å². The second-order valence-electron chi connectivity index (χ2n) is 8.30. The summed E-state index contributed by atoms with van der Waals surface area (Å²) in [7, 11) is 0. The molecule has 0 saturated heterocycles. The van der Waals surface area contributed by atoms with Crippen LogP contribution in [0.25, 0.3) is 5.69 Å². The standard InChI is InChI=1S/C23H30N2O/c1-16-8-13-22-19(14-16)15-17(2)25(22)21-11-9-18(10-12-21)23(26)24-20-6-4-3-5-7-20/h9-12,15-16,20H,3-8,13-14H2,1-2H3,(H,24,26). The van der Waals surface area contributed by atoms with Gasteiger partial charge in [0.05, 0.1) is 0 Å². The van der Waals surface area contributed by atoms with E-state index >= 15 is 0 Å². The van der Waals surface area contributed by atoms with Gasteiger partial charge in [0, 0.05) is 28.7 Å². The zero-order valence-electron chi connectivity index (χ0n) is 16.1. The first-order valence-electron chi connectivity index (χ1n) is 10.2. The molecular formula is C23H30N2O. The summed E-state index contributed by atoms with van der Waals surface area (Å²) in [5.41, 5.74) is 6.20. The van der Waals surface area contributed by atoms with Crippen molar-refractivity contribution in [1.82, 2.24) is 9.88 Å². The molecular weight excluding hydrogens is 320 g/mol. The first kappa shape index (κ1) is 17.4. The topological polar surface area (TPSA) is 34.0 Å². The van der Waals surface area contributed by atoms with Crippen LogP contribution < -0.4 is 5.32 Å². The zero-order valence-corrected chi connectivity index (χ0v) is 16.1. The van der Waals surface area contributed by atoms with Crippen LogP contribution in [-0.2, 0) is 12.8 Å². The van der Waals surface area contributed by atoms with Crippen LogP contribution in [0.15, 0.2) is 30.3 Å². The maximum Gasteiger partial charge on any atom is 0.251 e. The Hall–Kier alpha value is -2.03. The summed E-state index contributed by atoms with van der Waals surface area (Å²) < 4.78 is 2.38. The van der Waals surface area contributed by atoms with Crippen LogP contribution in [0.4, 0.5) is 0 Å². The van der Waals surface area contributed by atoms with E-state index in [0.29, 0.717) is 6.04 Å². The molecule has 2 aromatic rings. The monoisotopic (exact) mass is 350 g/mol. The molecule has 3 heteroatoms. The Balaban J connectivity index is 1.52. The van der Waals surface area contributed by atoms with Gasteiger partial charge in [0.2, 0.25) is 0 Å². The van der Waals surface area contributed by atoms with E-state index in [1.807, 2.05) is 12.1 Å². The molecule has 2 aliphatic rings. The van der Waals surface area contributed by atoms with E-state index in [-0.39, 0.29) is 5.91 Å². The van der Waals surface area contributed by atoms with Crippen molar-refractivity contribution in [2.24, 2.45) is 5.92 Å². The molecule has 4 rings (SSSR count). The van der Waals surface area contributed by atoms with Gasteiger partial charge in [0.1, 0.15) is 0 Å². The smallest absolute Gasteiger partial charge is 0.251 e. The number of fused-ring (bicyclic) bond motifs is 1. The van der Waals surface area contributed by atoms with E-state index in [9.17, 15) is 4.79 Å². The molecule has 1 heterocycles. The fourth-order valence-corrected chi connectivity index (χ4v) is 4.70. The molecule has 1 saturated carbocycles. The van der Waals surface area contributed by atoms with Gasteiger partial charge in [-0.05, 0) is 80.8 Å². The van der Waals surface area contributed by atoms with Crippen molar-refractivity contribution in [2.45, 2.75) is 71.3 Å². The van der Waals surface area contributed by atoms with E-state index in [1.54, 1.807) is 0 Å². The minimum atomic E-state index is 0.0727. The number of carbonyl (C=O) groups excluding carboxylic acids is 1. The van der Waals surface area contributed by atoms with Gasteiger partial charge in [-0.1, -0.05) is 26.2 Å². The highest BCUT2D eigenvalue weighted by atomic mass is 16.1. The average molecular weight is 351 g/mol. The number of aromatic nitrogens is 1. The molecule has 1 aromatic heterocycles. The lowest BCUT2D eigenvalue weighted by Crippen LogP contribution is -2.36. The molecule has 138 valence electrons. The second kappa shape index (κ2) is 7.30. The lowest BCUT2D eigenvalue weighted by Gasteiger charge is -2.23. The summed E-state index contributed by atoms with van der Waals surface area (Å²) in [6, 6.07) is 10.9. The molecule has 1 aromatic carbocycles. The second-order valence-corrected chi connectivity index (χ2v) is 8.30. The largest absolute Gasteiger partial charge is 0.349 e. The third kappa shape index (κ3) is 3.44. The first-order chi connectivity index (χ1) is 12.6. The molecule has 0 radical (unpaired) electrons. The number of hydrogen-bond donors (Lipinski definition) is 1. The molecule has 1 N–H and O–H groups in total. The van der Waals surface area contributed by atoms with Crippen molar-refractivity contribution in [3.8, 4) is 5.69 Å². The molecule has 1 fully saturated rings. The average Bonchev–Trinajstić information content (AvgIpc) is 2.97. The fraction of sp³-hybridized carbons (Fsp3) is 0.522. The lowest BCUT2D eigenvalue weighted by molar-refractivity contribution is 0.0927. The Bertz CT molecular complexity index is 781. The van der Waals surface area contributed by atoms with Gasteiger partial charge in [0.25, 0.3) is 5.91 Å². The number of carbonyl (C=O) groups is 1. The van der Waals surface area contributed by atoms with E-state index < -0.39 is 0 Å². The molecule has 2 aliphatic carbocycles. The van der Waals surface area contributed by atoms with Gasteiger partial charge in [-0.2, -0.15) is 0 Å². The summed E-state index contributed by atoms with van der Waals surface area (Å²) in [5, 5.41) is 3.21. The minimum Gasteiger partial charge on any atom is -0.349 e. The van der Waals surface area contributed by atoms with Crippen LogP contribution in [0.1, 0.15) is 72.8 Å². The summed E-state index contributed by atoms with van der Waals surface area (Å²) >= 11 is 0. The normalized spacial score (nSPS) is 20.6. The number of aryl methyl sites for hydroxylation is 1. The summed E-state index contributed by atoms with van der Waals surface area (Å²) in [4.78, 5) is 12.5. The van der Waals surface area contributed by atoms with Crippen molar-refractivity contribution in [3.05, 3.63) is 52.8 Å². The Morgan fingerprint density at radius 1 is 1.08 bits per heavy atom. The van der Waals surface area contributed by atoms with E-state index in [4.69, 9.17) is 0 Å². The predicted molar refractivity (Wildman–Crippen MR) is 106 cm³/mol. The lowest BCUT2D eigenvalue weighted by atomic mass is 9.89. The molecule has 1 atom stereocenters. The number of nitrogens with one attached hydrogen (secondary N) is 1. The van der Waals surface area contributed by atoms with Gasteiger partial charge in [-0.25, -0.2) is 0 Å². The predicted octanol–water partition coefficient (Wildman–Crippen LogP) is 4.97. The van der Waals surface area contributed by atoms with Crippen LogP contribution in [0.5, 0.6) is 0 Å². The van der Waals surface area contributed by atoms with Crippen LogP contribution in [0, 0.1) is 12.8 Å². The third-order valence-electron chi connectivity index (χ3n) is 6.15. The van der Waals surface area contributed by atoms with Gasteiger partial charge >= 0.3 is 0 Å². The van der Waals surface area contributed by atoms with Crippen LogP contribution >= 0.6 is 0 Å². The SMILES string of the molecule is Cc1cc2c(n1-c1ccc(C(=O)NC3CCCCC3)cc1)CCC(C)C2. The van der Waals surface area contributed by atoms with Crippen molar-refractivity contribution >= 4 is 5.91 Å². The zero-order chi connectivity index (χ0) is 18.1. The summed E-state index contributed by atoms with van der Waals surface area (Å²) in [6.45, 7) is 4.53. The molecule has 0 spiro atoms. The molecule has 3 nitrogen and oxygen atoms in total. The van der Waals surface area contributed by atoms with Crippen LogP contribution in [0.3, 0.4) is 0 Å². The Kier molecular flexibility index (Phi) is 4.88. The van der Waals surface area contributed by atoms with Gasteiger partial charge in [-0.3, -0.25) is 4.79 Å². The van der Waals surface area contributed by atoms with Gasteiger partial charge < -0.3 is 9.88 Å². The molecule has 1 unspecified atom stereocenters. The third-order valence-corrected chi connectivity index (χ3v) is 6.15. The quantitative estimate of drug-likeness (QED) is 0.833. The molecule has 0 bridgehead atoms. The molecule has 0 aliphatic heterocycles. The Morgan fingerprint density at radius 2 is 1.81 bits per heavy atom. The van der Waals surface area contributed by atoms with Gasteiger partial charge in [0.15, 0.2) is 0 Å². The first-order valence-corrected chi connectivity index (χ1v) is 10.2. The van der Waals surface area contributed by atoms with E-state index in [2.05, 4.69) is 41.9 Å². The van der Waals surface area contributed by atoms with Crippen LogP contribution in [0.2, 0.25) is 0 Å². The van der Waals surface area contributed by atoms with E-state index in [0.717, 1.165) is 30.7 Å². The molecule has 26 heavy (non-hydrogen) atoms. The van der Waals surface area contributed by atoms with Crippen LogP contribution in [-0.4, -0.2) is 16.5 Å². The maximum atomic E-state index is 12.5. The molecule has 1 amide bonds. The number of nitrogens with zero attached hydrogens (tertiary/aromatic N) is 1. The van der Waals surface area contributed by atoms with Crippen molar-refractivity contribution in [2.75, 3.05) is 0 Å². The number of hydrogen-bond acceptors (Lipinski definition) is 1. The van der Waals surface area contributed by atoms with Crippen molar-refractivity contribution in [1.29, 1.82) is 0 Å². The number of amides is 1. The Labute approximate surface area is 156 Å². The summed E-state index contributed by atoms with van der Waals surface area (Å²) in [5.74, 6) is 0.854. The van der Waals surface area contributed by atoms with Crippen molar-refractivity contribution in [3.63, 3.8) is 0 Å². The number of rotatable bonds is 3. The summed E-state index contributed by atoms with van der Waals surface area (Å²) in [6.07, 6.45) is 9.62. The maximum absolute atomic E-state index is 12.5. The number of benzene rings is 1.